The van der Waals surface area contributed by atoms with Gasteiger partial charge in [0.25, 0.3) is 10.0 Å². The molecule has 1 N–H and O–H groups in total. The quantitative estimate of drug-likeness (QED) is 0.411. The summed E-state index contributed by atoms with van der Waals surface area (Å²) < 4.78 is 39.1. The maximum atomic E-state index is 13.6. The monoisotopic (exact) mass is 552 g/mol. The number of anilines is 2. The van der Waals surface area contributed by atoms with Gasteiger partial charge in [-0.3, -0.25) is 9.10 Å². The Morgan fingerprint density at radius 3 is 2.24 bits per heavy atom. The second-order valence-electron chi connectivity index (χ2n) is 7.04. The first-order chi connectivity index (χ1) is 15.6. The summed E-state index contributed by atoms with van der Waals surface area (Å²) >= 11 is 9.36. The number of halogens is 2. The lowest BCUT2D eigenvalue weighted by Crippen LogP contribution is -2.38. The van der Waals surface area contributed by atoms with E-state index in [1.807, 2.05) is 6.92 Å². The van der Waals surface area contributed by atoms with Crippen molar-refractivity contribution in [3.63, 3.8) is 0 Å². The van der Waals surface area contributed by atoms with Gasteiger partial charge in [-0.1, -0.05) is 29.3 Å². The number of ether oxygens (including phenoxy) is 2. The van der Waals surface area contributed by atoms with Crippen molar-refractivity contribution in [1.82, 2.24) is 0 Å². The lowest BCUT2D eigenvalue weighted by Gasteiger charge is -2.24. The van der Waals surface area contributed by atoms with Gasteiger partial charge in [-0.05, 0) is 71.4 Å². The van der Waals surface area contributed by atoms with Crippen molar-refractivity contribution in [3.05, 3.63) is 75.7 Å². The van der Waals surface area contributed by atoms with Gasteiger partial charge in [0, 0.05) is 5.02 Å². The molecule has 10 heteroatoms. The third kappa shape index (κ3) is 5.79. The summed E-state index contributed by atoms with van der Waals surface area (Å²) in [6.45, 7) is 1.42. The van der Waals surface area contributed by atoms with Crippen LogP contribution >= 0.6 is 27.5 Å². The molecule has 0 unspecified atom stereocenters. The molecule has 0 radical (unpaired) electrons. The molecular formula is C23H22BrClN2O5S. The molecule has 7 nitrogen and oxygen atoms in total. The first kappa shape index (κ1) is 24.9. The fourth-order valence-corrected chi connectivity index (χ4v) is 5.37. The number of carbonyl (C=O) groups excluding carboxylic acids is 1. The summed E-state index contributed by atoms with van der Waals surface area (Å²) in [6.07, 6.45) is 0. The second-order valence-corrected chi connectivity index (χ2v) is 10.2. The molecule has 0 spiro atoms. The molecule has 0 saturated carbocycles. The summed E-state index contributed by atoms with van der Waals surface area (Å²) in [4.78, 5) is 12.9. The zero-order valence-electron chi connectivity index (χ0n) is 18.1. The molecule has 0 fully saturated rings. The largest absolute Gasteiger partial charge is 0.496 e. The number of carbonyl (C=O) groups is 1. The standard InChI is InChI=1S/C23H22BrClN2O5S/c1-15-4-7-17(8-5-15)27(33(29,30)18-9-11-21(31-2)19(24)13-18)14-23(28)26-20-12-16(25)6-10-22(20)32-3/h4-13H,14H2,1-3H3,(H,26,28). The molecule has 0 aliphatic rings. The molecule has 0 aromatic heterocycles. The van der Waals surface area contributed by atoms with Crippen molar-refractivity contribution in [2.24, 2.45) is 0 Å². The van der Waals surface area contributed by atoms with Crippen LogP contribution in [0, 0.1) is 6.92 Å². The van der Waals surface area contributed by atoms with Crippen LogP contribution in [0.5, 0.6) is 11.5 Å². The molecule has 1 amide bonds. The summed E-state index contributed by atoms with van der Waals surface area (Å²) in [6, 6.07) is 16.0. The normalized spacial score (nSPS) is 11.1. The van der Waals surface area contributed by atoms with E-state index in [-0.39, 0.29) is 4.90 Å². The van der Waals surface area contributed by atoms with Gasteiger partial charge in [-0.15, -0.1) is 0 Å². The summed E-state index contributed by atoms with van der Waals surface area (Å²) in [5, 5.41) is 3.08. The molecule has 0 aliphatic heterocycles. The van der Waals surface area contributed by atoms with Crippen molar-refractivity contribution in [1.29, 1.82) is 0 Å². The van der Waals surface area contributed by atoms with Gasteiger partial charge >= 0.3 is 0 Å². The number of hydrogen-bond donors (Lipinski definition) is 1. The third-order valence-corrected chi connectivity index (χ3v) is 7.38. The van der Waals surface area contributed by atoms with E-state index in [4.69, 9.17) is 21.1 Å². The zero-order valence-corrected chi connectivity index (χ0v) is 21.3. The van der Waals surface area contributed by atoms with Gasteiger partial charge in [0.15, 0.2) is 0 Å². The van der Waals surface area contributed by atoms with E-state index in [2.05, 4.69) is 21.2 Å². The molecule has 0 bridgehead atoms. The summed E-state index contributed by atoms with van der Waals surface area (Å²) in [5.74, 6) is 0.325. The summed E-state index contributed by atoms with van der Waals surface area (Å²) in [7, 11) is -1.15. The lowest BCUT2D eigenvalue weighted by molar-refractivity contribution is -0.114. The molecule has 174 valence electrons. The number of aryl methyl sites for hydroxylation is 1. The third-order valence-electron chi connectivity index (χ3n) is 4.76. The molecular weight excluding hydrogens is 532 g/mol. The molecule has 33 heavy (non-hydrogen) atoms. The fourth-order valence-electron chi connectivity index (χ4n) is 3.06. The van der Waals surface area contributed by atoms with Crippen LogP contribution in [-0.4, -0.2) is 35.1 Å². The Balaban J connectivity index is 1.98. The van der Waals surface area contributed by atoms with Crippen molar-refractivity contribution in [2.45, 2.75) is 11.8 Å². The zero-order chi connectivity index (χ0) is 24.2. The first-order valence-corrected chi connectivity index (χ1v) is 12.3. The van der Waals surface area contributed by atoms with Crippen LogP contribution in [-0.2, 0) is 14.8 Å². The van der Waals surface area contributed by atoms with Crippen LogP contribution in [0.15, 0.2) is 70.0 Å². The van der Waals surface area contributed by atoms with Crippen molar-refractivity contribution < 1.29 is 22.7 Å². The van der Waals surface area contributed by atoms with Crippen LogP contribution in [0.25, 0.3) is 0 Å². The average molecular weight is 554 g/mol. The highest BCUT2D eigenvalue weighted by molar-refractivity contribution is 9.10. The van der Waals surface area contributed by atoms with E-state index in [0.29, 0.717) is 32.4 Å². The second kappa shape index (κ2) is 10.5. The number of sulfonamides is 1. The Kier molecular flexibility index (Phi) is 7.88. The minimum absolute atomic E-state index is 0.00360. The van der Waals surface area contributed by atoms with Gasteiger partial charge in [0.2, 0.25) is 5.91 Å². The topological polar surface area (TPSA) is 84.9 Å². The minimum Gasteiger partial charge on any atom is -0.496 e. The first-order valence-electron chi connectivity index (χ1n) is 9.72. The number of benzene rings is 3. The molecule has 0 atom stereocenters. The fraction of sp³-hybridized carbons (Fsp3) is 0.174. The molecule has 0 aliphatic carbocycles. The van der Waals surface area contributed by atoms with E-state index < -0.39 is 22.5 Å². The van der Waals surface area contributed by atoms with Crippen molar-refractivity contribution >= 4 is 54.8 Å². The van der Waals surface area contributed by atoms with Gasteiger partial charge < -0.3 is 14.8 Å². The molecule has 0 saturated heterocycles. The number of hydrogen-bond acceptors (Lipinski definition) is 5. The number of amides is 1. The number of methoxy groups -OCH3 is 2. The van der Waals surface area contributed by atoms with Gasteiger partial charge in [0.05, 0.1) is 35.0 Å². The maximum absolute atomic E-state index is 13.6. The van der Waals surface area contributed by atoms with Crippen LogP contribution in [0.2, 0.25) is 5.02 Å². The molecule has 3 aromatic rings. The highest BCUT2D eigenvalue weighted by Crippen LogP contribution is 2.31. The number of rotatable bonds is 8. The highest BCUT2D eigenvalue weighted by Gasteiger charge is 2.28. The van der Waals surface area contributed by atoms with Gasteiger partial charge in [-0.25, -0.2) is 8.42 Å². The maximum Gasteiger partial charge on any atom is 0.264 e. The van der Waals surface area contributed by atoms with Crippen molar-refractivity contribution in [2.75, 3.05) is 30.4 Å². The van der Waals surface area contributed by atoms with E-state index in [0.717, 1.165) is 9.87 Å². The van der Waals surface area contributed by atoms with E-state index in [1.54, 1.807) is 42.5 Å². The van der Waals surface area contributed by atoms with Crippen LogP contribution < -0.4 is 19.1 Å². The van der Waals surface area contributed by atoms with Crippen molar-refractivity contribution in [3.8, 4) is 11.5 Å². The Hall–Kier alpha value is -2.75. The minimum atomic E-state index is -4.10. The molecule has 0 heterocycles. The Morgan fingerprint density at radius 2 is 1.64 bits per heavy atom. The number of nitrogens with zero attached hydrogens (tertiary/aromatic N) is 1. The van der Waals surface area contributed by atoms with Gasteiger partial charge in [-0.2, -0.15) is 0 Å². The Labute approximate surface area is 206 Å². The van der Waals surface area contributed by atoms with Crippen LogP contribution in [0.1, 0.15) is 5.56 Å². The number of nitrogens with one attached hydrogen (secondary N) is 1. The SMILES string of the molecule is COc1ccc(S(=O)(=O)N(CC(=O)Nc2cc(Cl)ccc2OC)c2ccc(C)cc2)cc1Br. The van der Waals surface area contributed by atoms with E-state index in [1.165, 1.54) is 32.4 Å². The van der Waals surface area contributed by atoms with Gasteiger partial charge in [0.1, 0.15) is 18.0 Å². The smallest absolute Gasteiger partial charge is 0.264 e. The predicted molar refractivity (Wildman–Crippen MR) is 133 cm³/mol. The van der Waals surface area contributed by atoms with E-state index in [9.17, 15) is 13.2 Å². The highest BCUT2D eigenvalue weighted by atomic mass is 79.9. The van der Waals surface area contributed by atoms with Crippen LogP contribution in [0.4, 0.5) is 11.4 Å². The summed E-state index contributed by atoms with van der Waals surface area (Å²) in [5.41, 5.74) is 1.64. The van der Waals surface area contributed by atoms with E-state index >= 15 is 0 Å². The Morgan fingerprint density at radius 1 is 1.00 bits per heavy atom. The molecule has 3 rings (SSSR count). The predicted octanol–water partition coefficient (Wildman–Crippen LogP) is 5.26. The van der Waals surface area contributed by atoms with Crippen LogP contribution in [0.3, 0.4) is 0 Å². The molecule has 3 aromatic carbocycles. The Bertz CT molecular complexity index is 1270. The average Bonchev–Trinajstić information content (AvgIpc) is 2.78. The lowest BCUT2D eigenvalue weighted by atomic mass is 10.2.